The zero-order chi connectivity index (χ0) is 19.1. The van der Waals surface area contributed by atoms with Crippen LogP contribution in [-0.4, -0.2) is 35.2 Å². The maximum atomic E-state index is 12.0. The maximum absolute atomic E-state index is 12.0. The van der Waals surface area contributed by atoms with Gasteiger partial charge in [-0.3, -0.25) is 4.79 Å². The Kier molecular flexibility index (Phi) is 6.97. The van der Waals surface area contributed by atoms with E-state index in [-0.39, 0.29) is 11.7 Å². The highest BCUT2D eigenvalue weighted by Crippen LogP contribution is 2.29. The van der Waals surface area contributed by atoms with Crippen molar-refractivity contribution in [1.29, 1.82) is 0 Å². The lowest BCUT2D eigenvalue weighted by molar-refractivity contribution is -0.118. The highest BCUT2D eigenvalue weighted by Gasteiger charge is 2.09. The number of halogens is 1. The van der Waals surface area contributed by atoms with Crippen molar-refractivity contribution >= 4 is 51.2 Å². The molecule has 0 unspecified atom stereocenters. The molecule has 0 aliphatic carbocycles. The van der Waals surface area contributed by atoms with Gasteiger partial charge < -0.3 is 4.74 Å². The Bertz CT molecular complexity index is 948. The summed E-state index contributed by atoms with van der Waals surface area (Å²) in [4.78, 5) is 12.0. The van der Waals surface area contributed by atoms with E-state index in [1.54, 1.807) is 13.3 Å². The van der Waals surface area contributed by atoms with Gasteiger partial charge in [0.2, 0.25) is 0 Å². The van der Waals surface area contributed by atoms with E-state index in [0.29, 0.717) is 5.75 Å². The Morgan fingerprint density at radius 2 is 2.11 bits per heavy atom. The van der Waals surface area contributed by atoms with Gasteiger partial charge in [0.25, 0.3) is 5.91 Å². The number of ether oxygens (including phenoxy) is 1. The number of rotatable bonds is 7. The van der Waals surface area contributed by atoms with Gasteiger partial charge in [0, 0.05) is 15.6 Å². The van der Waals surface area contributed by atoms with Gasteiger partial charge in [0.05, 0.1) is 19.1 Å². The van der Waals surface area contributed by atoms with Gasteiger partial charge in [-0.25, -0.2) is 5.43 Å². The number of thioether (sulfide) groups is 1. The fourth-order valence-electron chi connectivity index (χ4n) is 2.10. The lowest BCUT2D eigenvalue weighted by Gasteiger charge is -2.04. The lowest BCUT2D eigenvalue weighted by Crippen LogP contribution is -2.19. The van der Waals surface area contributed by atoms with Crippen molar-refractivity contribution in [3.8, 4) is 16.3 Å². The molecule has 0 atom stereocenters. The van der Waals surface area contributed by atoms with Gasteiger partial charge in [0.1, 0.15) is 10.8 Å². The Labute approximate surface area is 173 Å². The first-order chi connectivity index (χ1) is 13.2. The summed E-state index contributed by atoms with van der Waals surface area (Å²) in [6.07, 6.45) is 1.55. The number of nitrogens with zero attached hydrogens (tertiary/aromatic N) is 3. The Balaban J connectivity index is 1.52. The predicted octanol–water partition coefficient (Wildman–Crippen LogP) is 4.22. The minimum Gasteiger partial charge on any atom is -0.496 e. The second-order valence-electron chi connectivity index (χ2n) is 5.21. The maximum Gasteiger partial charge on any atom is 0.250 e. The van der Waals surface area contributed by atoms with Crippen LogP contribution in [0.3, 0.4) is 0 Å². The van der Waals surface area contributed by atoms with E-state index in [4.69, 9.17) is 4.74 Å². The van der Waals surface area contributed by atoms with E-state index < -0.39 is 0 Å². The molecule has 138 valence electrons. The van der Waals surface area contributed by atoms with Crippen molar-refractivity contribution in [1.82, 2.24) is 15.6 Å². The first-order valence-electron chi connectivity index (χ1n) is 7.83. The van der Waals surface area contributed by atoms with Gasteiger partial charge >= 0.3 is 0 Å². The van der Waals surface area contributed by atoms with Crippen LogP contribution in [0.1, 0.15) is 5.56 Å². The van der Waals surface area contributed by atoms with Crippen molar-refractivity contribution in [3.63, 3.8) is 0 Å². The molecule has 1 amide bonds. The number of hydrazone groups is 1. The third-order valence-electron chi connectivity index (χ3n) is 3.34. The van der Waals surface area contributed by atoms with Crippen LogP contribution in [-0.2, 0) is 4.79 Å². The van der Waals surface area contributed by atoms with Crippen LogP contribution < -0.4 is 10.2 Å². The number of benzene rings is 2. The molecule has 1 heterocycles. The fourth-order valence-corrected chi connectivity index (χ4v) is 4.13. The summed E-state index contributed by atoms with van der Waals surface area (Å²) in [5, 5.41) is 13.1. The molecule has 6 nitrogen and oxygen atoms in total. The number of nitrogens with one attached hydrogen (secondary N) is 1. The second-order valence-corrected chi connectivity index (χ2v) is 8.32. The largest absolute Gasteiger partial charge is 0.496 e. The molecule has 2 aromatic carbocycles. The van der Waals surface area contributed by atoms with Gasteiger partial charge in [-0.2, -0.15) is 5.10 Å². The van der Waals surface area contributed by atoms with E-state index in [1.807, 2.05) is 48.5 Å². The monoisotopic (exact) mass is 462 g/mol. The summed E-state index contributed by atoms with van der Waals surface area (Å²) in [6.45, 7) is 0. The van der Waals surface area contributed by atoms with Crippen molar-refractivity contribution in [2.45, 2.75) is 4.34 Å². The van der Waals surface area contributed by atoms with Crippen LogP contribution in [0.2, 0.25) is 0 Å². The Hall–Kier alpha value is -2.23. The van der Waals surface area contributed by atoms with Gasteiger partial charge in [-0.1, -0.05) is 69.4 Å². The van der Waals surface area contributed by atoms with Crippen LogP contribution in [0.25, 0.3) is 10.6 Å². The lowest BCUT2D eigenvalue weighted by atomic mass is 10.2. The molecular formula is C18H15BrN4O2S2. The van der Waals surface area contributed by atoms with Gasteiger partial charge in [0.15, 0.2) is 4.34 Å². The van der Waals surface area contributed by atoms with E-state index in [9.17, 15) is 4.79 Å². The fraction of sp³-hybridized carbons (Fsp3) is 0.111. The third kappa shape index (κ3) is 5.62. The van der Waals surface area contributed by atoms with Crippen LogP contribution in [0, 0.1) is 0 Å². The van der Waals surface area contributed by atoms with E-state index in [0.717, 1.165) is 24.9 Å². The summed E-state index contributed by atoms with van der Waals surface area (Å²) in [7, 11) is 1.58. The SMILES string of the molecule is COc1ccc(Br)cc1C=NNC(=O)CSc1nnc(-c2ccccc2)s1. The summed E-state index contributed by atoms with van der Waals surface area (Å²) in [6, 6.07) is 15.4. The van der Waals surface area contributed by atoms with E-state index in [1.165, 1.54) is 23.1 Å². The van der Waals surface area contributed by atoms with Gasteiger partial charge in [-0.15, -0.1) is 10.2 Å². The summed E-state index contributed by atoms with van der Waals surface area (Å²) >= 11 is 6.18. The average molecular weight is 463 g/mol. The molecule has 0 aliphatic heterocycles. The summed E-state index contributed by atoms with van der Waals surface area (Å²) < 4.78 is 6.90. The van der Waals surface area contributed by atoms with Gasteiger partial charge in [-0.05, 0) is 18.2 Å². The molecule has 27 heavy (non-hydrogen) atoms. The Morgan fingerprint density at radius 1 is 1.30 bits per heavy atom. The number of aromatic nitrogens is 2. The number of methoxy groups -OCH3 is 1. The molecule has 3 aromatic rings. The van der Waals surface area contributed by atoms with E-state index >= 15 is 0 Å². The molecule has 9 heteroatoms. The minimum absolute atomic E-state index is 0.205. The van der Waals surface area contributed by atoms with Crippen LogP contribution in [0.5, 0.6) is 5.75 Å². The van der Waals surface area contributed by atoms with Crippen molar-refractivity contribution in [3.05, 3.63) is 58.6 Å². The number of carbonyl (C=O) groups excluding carboxylic acids is 1. The smallest absolute Gasteiger partial charge is 0.250 e. The zero-order valence-corrected chi connectivity index (χ0v) is 17.5. The van der Waals surface area contributed by atoms with Crippen molar-refractivity contribution in [2.24, 2.45) is 5.10 Å². The molecule has 0 radical (unpaired) electrons. The molecule has 1 N–H and O–H groups in total. The molecule has 0 aliphatic rings. The molecule has 3 rings (SSSR count). The van der Waals surface area contributed by atoms with Crippen LogP contribution in [0.15, 0.2) is 62.4 Å². The minimum atomic E-state index is -0.221. The van der Waals surface area contributed by atoms with Crippen molar-refractivity contribution < 1.29 is 9.53 Å². The molecule has 0 saturated carbocycles. The first-order valence-corrected chi connectivity index (χ1v) is 10.4. The number of hydrogen-bond acceptors (Lipinski definition) is 7. The summed E-state index contributed by atoms with van der Waals surface area (Å²) in [5.74, 6) is 0.658. The molecule has 1 aromatic heterocycles. The number of amides is 1. The number of hydrogen-bond donors (Lipinski definition) is 1. The highest BCUT2D eigenvalue weighted by atomic mass is 79.9. The standard InChI is InChI=1S/C18H15BrN4O2S2/c1-25-15-8-7-14(19)9-13(15)10-20-21-16(24)11-26-18-23-22-17(27-18)12-5-3-2-4-6-12/h2-10H,11H2,1H3,(H,21,24). The second kappa shape index (κ2) is 9.63. The molecule has 0 fully saturated rings. The van der Waals surface area contributed by atoms with Crippen LogP contribution >= 0.6 is 39.0 Å². The normalized spacial score (nSPS) is 10.9. The van der Waals surface area contributed by atoms with Crippen LogP contribution in [0.4, 0.5) is 0 Å². The zero-order valence-electron chi connectivity index (χ0n) is 14.3. The number of carbonyl (C=O) groups is 1. The Morgan fingerprint density at radius 3 is 2.89 bits per heavy atom. The highest BCUT2D eigenvalue weighted by molar-refractivity contribution is 9.10. The molecule has 0 bridgehead atoms. The van der Waals surface area contributed by atoms with E-state index in [2.05, 4.69) is 36.7 Å². The topological polar surface area (TPSA) is 76.5 Å². The molecule has 0 saturated heterocycles. The summed E-state index contributed by atoms with van der Waals surface area (Å²) in [5.41, 5.74) is 4.28. The first kappa shape index (κ1) is 19.5. The average Bonchev–Trinajstić information content (AvgIpc) is 3.16. The van der Waals surface area contributed by atoms with Crippen molar-refractivity contribution in [2.75, 3.05) is 12.9 Å². The third-order valence-corrected chi connectivity index (χ3v) is 5.94. The molecule has 0 spiro atoms. The quantitative estimate of drug-likeness (QED) is 0.323. The molecular weight excluding hydrogens is 448 g/mol. The predicted molar refractivity (Wildman–Crippen MR) is 112 cm³/mol.